The van der Waals surface area contributed by atoms with E-state index in [9.17, 15) is 4.79 Å². The number of carbonyl (C=O) groups is 1. The van der Waals surface area contributed by atoms with Crippen molar-refractivity contribution in [3.05, 3.63) is 42.1 Å². The first-order valence-electron chi connectivity index (χ1n) is 14.8. The molecule has 0 atom stereocenters. The average Bonchev–Trinajstić information content (AvgIpc) is 3.73. The molecule has 1 amide bonds. The number of ether oxygens (including phenoxy) is 1. The summed E-state index contributed by atoms with van der Waals surface area (Å²) < 4.78 is 59.2. The van der Waals surface area contributed by atoms with Gasteiger partial charge in [-0.2, -0.15) is 0 Å². The van der Waals surface area contributed by atoms with Crippen LogP contribution in [0.2, 0.25) is 0 Å². The highest BCUT2D eigenvalue weighted by atomic mass is 16.7. The van der Waals surface area contributed by atoms with Gasteiger partial charge in [0.2, 0.25) is 5.91 Å². The van der Waals surface area contributed by atoms with E-state index in [4.69, 9.17) is 20.9 Å². The van der Waals surface area contributed by atoms with Gasteiger partial charge in [0.15, 0.2) is 11.6 Å². The van der Waals surface area contributed by atoms with Crippen molar-refractivity contribution in [2.75, 3.05) is 23.8 Å². The van der Waals surface area contributed by atoms with E-state index < -0.39 is 31.7 Å². The molecule has 1 saturated carbocycles. The lowest BCUT2D eigenvalue weighted by molar-refractivity contribution is -0.117. The highest BCUT2D eigenvalue weighted by Gasteiger charge is 2.52. The van der Waals surface area contributed by atoms with Gasteiger partial charge in [-0.3, -0.25) is 4.79 Å². The van der Waals surface area contributed by atoms with Crippen molar-refractivity contribution in [3.63, 3.8) is 0 Å². The van der Waals surface area contributed by atoms with Gasteiger partial charge in [0.05, 0.1) is 18.3 Å². The Morgan fingerprint density at radius 1 is 1.22 bits per heavy atom. The van der Waals surface area contributed by atoms with Crippen LogP contribution in [0.15, 0.2) is 36.5 Å². The van der Waals surface area contributed by atoms with Gasteiger partial charge < -0.3 is 24.3 Å². The van der Waals surface area contributed by atoms with Crippen LogP contribution in [-0.2, 0) is 20.6 Å². The lowest BCUT2D eigenvalue weighted by Crippen LogP contribution is -2.41. The summed E-state index contributed by atoms with van der Waals surface area (Å²) in [4.78, 5) is 18.1. The highest BCUT2D eigenvalue weighted by molar-refractivity contribution is 6.65. The van der Waals surface area contributed by atoms with Gasteiger partial charge in [0.1, 0.15) is 11.3 Å². The molecule has 10 heteroatoms. The lowest BCUT2D eigenvalue weighted by atomic mass is 9.78. The third-order valence-electron chi connectivity index (χ3n) is 7.24. The second-order valence-electron chi connectivity index (χ2n) is 10.4. The average molecular weight is 508 g/mol. The van der Waals surface area contributed by atoms with Gasteiger partial charge in [-0.05, 0) is 71.2 Å². The molecular formula is C27H34BN5O4. The molecule has 0 spiro atoms. The fraction of sp³-hybridized carbons (Fsp3) is 0.481. The van der Waals surface area contributed by atoms with Crippen LogP contribution in [0.4, 0.5) is 11.6 Å². The Morgan fingerprint density at radius 3 is 2.54 bits per heavy atom. The van der Waals surface area contributed by atoms with Crippen molar-refractivity contribution < 1.29 is 25.7 Å². The molecule has 2 fully saturated rings. The second-order valence-corrected chi connectivity index (χ2v) is 10.4. The molecule has 2 aromatic heterocycles. The maximum Gasteiger partial charge on any atom is 0.497 e. The van der Waals surface area contributed by atoms with Crippen molar-refractivity contribution in [2.45, 2.75) is 65.1 Å². The molecule has 9 nitrogen and oxygen atoms in total. The van der Waals surface area contributed by atoms with Gasteiger partial charge in [0, 0.05) is 42.9 Å². The number of rotatable bonds is 8. The fourth-order valence-corrected chi connectivity index (χ4v) is 4.11. The Kier molecular flexibility index (Phi) is 5.13. The Labute approximate surface area is 225 Å². The van der Waals surface area contributed by atoms with E-state index in [0.29, 0.717) is 22.2 Å². The van der Waals surface area contributed by atoms with E-state index in [1.165, 1.54) is 13.3 Å². The SMILES string of the molecule is [2H]C([2H])([2H])C([2H])([2H])N(Cc1ccc(OC)cc1)c1ncc(B2OC(C)(C)C(C)(C)O2)c2cc(NC(=O)C3CC3)nnc12. The predicted molar refractivity (Wildman–Crippen MR) is 144 cm³/mol. The maximum absolute atomic E-state index is 12.5. The van der Waals surface area contributed by atoms with Crippen LogP contribution in [0.1, 0.15) is 59.8 Å². The first-order valence-corrected chi connectivity index (χ1v) is 12.3. The fourth-order valence-electron chi connectivity index (χ4n) is 4.11. The van der Waals surface area contributed by atoms with E-state index >= 15 is 0 Å². The molecule has 3 aromatic rings. The summed E-state index contributed by atoms with van der Waals surface area (Å²) >= 11 is 0. The molecule has 3 heterocycles. The Hall–Kier alpha value is -3.24. The van der Waals surface area contributed by atoms with E-state index in [2.05, 4.69) is 20.5 Å². The summed E-state index contributed by atoms with van der Waals surface area (Å²) in [6, 6.07) is 8.48. The first kappa shape index (κ1) is 19.8. The van der Waals surface area contributed by atoms with Crippen LogP contribution < -0.4 is 20.4 Å². The molecule has 1 aliphatic carbocycles. The number of benzene rings is 1. The summed E-state index contributed by atoms with van der Waals surface area (Å²) in [5.41, 5.74) is -0.0806. The van der Waals surface area contributed by atoms with Crippen molar-refractivity contribution in [1.29, 1.82) is 0 Å². The van der Waals surface area contributed by atoms with Crippen molar-refractivity contribution in [3.8, 4) is 5.75 Å². The van der Waals surface area contributed by atoms with E-state index in [1.807, 2.05) is 27.7 Å². The number of nitrogens with one attached hydrogen (secondary N) is 1. The smallest absolute Gasteiger partial charge is 0.497 e. The zero-order valence-electron chi connectivity index (χ0n) is 26.7. The minimum atomic E-state index is -3.04. The first-order chi connectivity index (χ1) is 19.5. The number of fused-ring (bicyclic) bond motifs is 1. The molecule has 2 aliphatic rings. The van der Waals surface area contributed by atoms with Crippen LogP contribution >= 0.6 is 0 Å². The predicted octanol–water partition coefficient (Wildman–Crippen LogP) is 3.71. The summed E-state index contributed by atoms with van der Waals surface area (Å²) in [5, 5.41) is 11.8. The number of pyridine rings is 1. The van der Waals surface area contributed by atoms with E-state index in [1.54, 1.807) is 30.3 Å². The van der Waals surface area contributed by atoms with Crippen molar-refractivity contribution in [2.24, 2.45) is 5.92 Å². The van der Waals surface area contributed by atoms with Crippen LogP contribution in [0.3, 0.4) is 0 Å². The number of anilines is 2. The minimum Gasteiger partial charge on any atom is -0.497 e. The number of hydrogen-bond acceptors (Lipinski definition) is 8. The molecular weight excluding hydrogens is 469 g/mol. The second kappa shape index (κ2) is 9.57. The Bertz CT molecular complexity index is 1480. The molecule has 5 rings (SSSR count). The number of amides is 1. The maximum atomic E-state index is 12.5. The molecule has 0 radical (unpaired) electrons. The van der Waals surface area contributed by atoms with Gasteiger partial charge in [0.25, 0.3) is 0 Å². The van der Waals surface area contributed by atoms with Gasteiger partial charge in [-0.1, -0.05) is 12.1 Å². The van der Waals surface area contributed by atoms with E-state index in [0.717, 1.165) is 17.7 Å². The molecule has 1 aliphatic heterocycles. The van der Waals surface area contributed by atoms with Crippen LogP contribution in [0.25, 0.3) is 10.9 Å². The van der Waals surface area contributed by atoms with Gasteiger partial charge in [-0.15, -0.1) is 10.2 Å². The molecule has 1 aromatic carbocycles. The lowest BCUT2D eigenvalue weighted by Gasteiger charge is -2.32. The van der Waals surface area contributed by atoms with Gasteiger partial charge in [-0.25, -0.2) is 4.98 Å². The largest absolute Gasteiger partial charge is 0.497 e. The van der Waals surface area contributed by atoms with Crippen molar-refractivity contribution >= 4 is 41.0 Å². The molecule has 194 valence electrons. The molecule has 0 unspecified atom stereocenters. The third kappa shape index (κ3) is 5.00. The standard InChI is InChI=1S/C27H34BN5O4/c1-7-33(16-17-8-12-19(35-6)13-9-17)24-23-20(14-22(31-32-23)30-25(34)18-10-11-18)21(15-29-24)28-36-26(2,3)27(4,5)37-28/h8-9,12-15,18H,7,10-11,16H2,1-6H3,(H,30,31,34)/i1D3,7D2. The number of nitrogens with zero attached hydrogens (tertiary/aromatic N) is 4. The normalized spacial score (nSPS) is 20.9. The van der Waals surface area contributed by atoms with E-state index in [-0.39, 0.29) is 35.5 Å². The summed E-state index contributed by atoms with van der Waals surface area (Å²) in [6.45, 7) is 1.63. The molecule has 1 saturated heterocycles. The van der Waals surface area contributed by atoms with Gasteiger partial charge >= 0.3 is 7.12 Å². The number of hydrogen-bond donors (Lipinski definition) is 1. The van der Waals surface area contributed by atoms with Crippen molar-refractivity contribution in [1.82, 2.24) is 15.2 Å². The third-order valence-corrected chi connectivity index (χ3v) is 7.24. The highest BCUT2D eigenvalue weighted by Crippen LogP contribution is 2.37. The monoisotopic (exact) mass is 508 g/mol. The Balaban J connectivity index is 1.66. The summed E-state index contributed by atoms with van der Waals surface area (Å²) in [7, 11) is 0.677. The number of aromatic nitrogens is 3. The summed E-state index contributed by atoms with van der Waals surface area (Å²) in [6.07, 6.45) is 3.10. The number of carbonyl (C=O) groups excluding carboxylic acids is 1. The molecule has 37 heavy (non-hydrogen) atoms. The van der Waals surface area contributed by atoms with Crippen LogP contribution in [0, 0.1) is 5.92 Å². The zero-order chi connectivity index (χ0) is 30.7. The molecule has 1 N–H and O–H groups in total. The van der Waals surface area contributed by atoms with Crippen LogP contribution in [0.5, 0.6) is 5.75 Å². The number of methoxy groups -OCH3 is 1. The summed E-state index contributed by atoms with van der Waals surface area (Å²) in [5.74, 6) is 0.551. The topological polar surface area (TPSA) is 98.7 Å². The Morgan fingerprint density at radius 2 is 1.92 bits per heavy atom. The minimum absolute atomic E-state index is 0.0326. The molecule has 0 bridgehead atoms. The van der Waals surface area contributed by atoms with Crippen LogP contribution in [-0.4, -0.2) is 53.0 Å². The quantitative estimate of drug-likeness (QED) is 0.460. The zero-order valence-corrected chi connectivity index (χ0v) is 21.7.